The molecular formula is C22H29FN8. The Morgan fingerprint density at radius 2 is 1.87 bits per heavy atom. The molecule has 0 aromatic carbocycles. The van der Waals surface area contributed by atoms with E-state index in [1.165, 1.54) is 30.5 Å². The van der Waals surface area contributed by atoms with Crippen molar-refractivity contribution in [3.63, 3.8) is 0 Å². The summed E-state index contributed by atoms with van der Waals surface area (Å²) in [6.45, 7) is 4.54. The number of rotatable bonds is 3. The average Bonchev–Trinajstić information content (AvgIpc) is 3.28. The predicted molar refractivity (Wildman–Crippen MR) is 115 cm³/mol. The second-order valence-corrected chi connectivity index (χ2v) is 10.0. The Kier molecular flexibility index (Phi) is 4.00. The molecule has 9 heteroatoms. The van der Waals surface area contributed by atoms with E-state index in [4.69, 9.17) is 10.8 Å². The Labute approximate surface area is 180 Å². The van der Waals surface area contributed by atoms with E-state index in [-0.39, 0.29) is 5.54 Å². The highest BCUT2D eigenvalue weighted by Gasteiger charge is 2.47. The van der Waals surface area contributed by atoms with E-state index in [0.29, 0.717) is 23.4 Å². The van der Waals surface area contributed by atoms with E-state index in [0.717, 1.165) is 49.9 Å². The number of aromatic nitrogens is 6. The molecule has 31 heavy (non-hydrogen) atoms. The van der Waals surface area contributed by atoms with Crippen LogP contribution in [-0.4, -0.2) is 41.6 Å². The molecule has 0 atom stereocenters. The van der Waals surface area contributed by atoms with Gasteiger partial charge in [-0.3, -0.25) is 9.36 Å². The van der Waals surface area contributed by atoms with Gasteiger partial charge in [0, 0.05) is 49.9 Å². The number of anilines is 1. The van der Waals surface area contributed by atoms with Gasteiger partial charge in [-0.25, -0.2) is 0 Å². The second kappa shape index (κ2) is 6.48. The molecule has 3 saturated carbocycles. The first-order valence-electron chi connectivity index (χ1n) is 11.3. The number of fused-ring (bicyclic) bond motifs is 5. The maximum Gasteiger partial charge on any atom is 0.312 e. The van der Waals surface area contributed by atoms with Gasteiger partial charge in [-0.2, -0.15) is 24.6 Å². The highest BCUT2D eigenvalue weighted by atomic mass is 19.1. The number of hydrogen-bond acceptors (Lipinski definition) is 6. The van der Waals surface area contributed by atoms with E-state index in [9.17, 15) is 4.39 Å². The first-order chi connectivity index (χ1) is 14.8. The summed E-state index contributed by atoms with van der Waals surface area (Å²) in [5.74, 6) is 0.617. The first-order valence-corrected chi connectivity index (χ1v) is 11.3. The molecule has 0 amide bonds. The predicted octanol–water partition coefficient (Wildman–Crippen LogP) is 2.62. The quantitative estimate of drug-likeness (QED) is 0.650. The zero-order valence-electron chi connectivity index (χ0n) is 18.2. The van der Waals surface area contributed by atoms with Crippen molar-refractivity contribution in [2.45, 2.75) is 70.5 Å². The van der Waals surface area contributed by atoms with Crippen LogP contribution < -0.4 is 10.6 Å². The number of nitrogens with two attached hydrogens (primary N) is 1. The molecular weight excluding hydrogens is 395 g/mol. The molecule has 0 unspecified atom stereocenters. The van der Waals surface area contributed by atoms with Crippen molar-refractivity contribution in [3.05, 3.63) is 29.2 Å². The van der Waals surface area contributed by atoms with Crippen molar-refractivity contribution < 1.29 is 4.39 Å². The average molecular weight is 425 g/mol. The molecule has 4 heterocycles. The van der Waals surface area contributed by atoms with Crippen molar-refractivity contribution in [1.82, 2.24) is 29.5 Å². The third-order valence-corrected chi connectivity index (χ3v) is 8.12. The molecule has 3 aromatic rings. The molecule has 7 rings (SSSR count). The molecule has 4 aliphatic rings. The van der Waals surface area contributed by atoms with E-state index in [1.807, 2.05) is 0 Å². The molecule has 3 aromatic heterocycles. The SMILES string of the molecule is Cc1nn(CC23CCC(N)(CC2)CC3)c2c1CN(c1nc(F)nc3c1cnn3C)CC2. The highest BCUT2D eigenvalue weighted by Crippen LogP contribution is 2.52. The van der Waals surface area contributed by atoms with Crippen LogP contribution in [-0.2, 0) is 26.6 Å². The summed E-state index contributed by atoms with van der Waals surface area (Å²) in [5, 5.41) is 9.99. The van der Waals surface area contributed by atoms with Crippen LogP contribution in [0.2, 0.25) is 0 Å². The lowest BCUT2D eigenvalue weighted by Crippen LogP contribution is -2.53. The Morgan fingerprint density at radius 3 is 2.61 bits per heavy atom. The Balaban J connectivity index is 1.30. The molecule has 2 bridgehead atoms. The van der Waals surface area contributed by atoms with E-state index in [1.54, 1.807) is 17.9 Å². The fourth-order valence-corrected chi connectivity index (χ4v) is 6.04. The summed E-state index contributed by atoms with van der Waals surface area (Å²) in [7, 11) is 1.77. The van der Waals surface area contributed by atoms with Gasteiger partial charge in [0.15, 0.2) is 5.65 Å². The summed E-state index contributed by atoms with van der Waals surface area (Å²) in [6.07, 6.45) is 8.94. The van der Waals surface area contributed by atoms with Gasteiger partial charge in [0.25, 0.3) is 0 Å². The summed E-state index contributed by atoms with van der Waals surface area (Å²) >= 11 is 0. The van der Waals surface area contributed by atoms with Gasteiger partial charge >= 0.3 is 6.08 Å². The standard InChI is InChI=1S/C22H29FN8/c1-14-16-12-30(19-15-11-25-29(2)18(15)26-20(23)27-19)10-3-17(16)31(28-14)13-21-4-7-22(24,8-5-21)9-6-21/h11H,3-10,12-13,24H2,1-2H3. The molecule has 0 radical (unpaired) electrons. The summed E-state index contributed by atoms with van der Waals surface area (Å²) < 4.78 is 18.0. The van der Waals surface area contributed by atoms with Crippen molar-refractivity contribution in [1.29, 1.82) is 0 Å². The van der Waals surface area contributed by atoms with E-state index in [2.05, 4.69) is 31.6 Å². The van der Waals surface area contributed by atoms with Gasteiger partial charge < -0.3 is 10.6 Å². The molecule has 0 spiro atoms. The van der Waals surface area contributed by atoms with Crippen LogP contribution in [0.4, 0.5) is 10.2 Å². The number of aryl methyl sites for hydroxylation is 2. The van der Waals surface area contributed by atoms with Gasteiger partial charge in [0.2, 0.25) is 0 Å². The largest absolute Gasteiger partial charge is 0.351 e. The van der Waals surface area contributed by atoms with Crippen molar-refractivity contribution in [2.24, 2.45) is 18.2 Å². The third kappa shape index (κ3) is 2.96. The maximum atomic E-state index is 14.1. The maximum absolute atomic E-state index is 14.1. The van der Waals surface area contributed by atoms with Crippen LogP contribution in [0, 0.1) is 18.4 Å². The zero-order chi connectivity index (χ0) is 21.4. The van der Waals surface area contributed by atoms with Crippen LogP contribution >= 0.6 is 0 Å². The minimum atomic E-state index is -0.714. The zero-order valence-corrected chi connectivity index (χ0v) is 18.2. The number of hydrogen-bond donors (Lipinski definition) is 1. The number of nitrogens with zero attached hydrogens (tertiary/aromatic N) is 7. The van der Waals surface area contributed by atoms with Gasteiger partial charge in [-0.15, -0.1) is 0 Å². The Hall–Kier alpha value is -2.55. The minimum absolute atomic E-state index is 0.0894. The molecule has 1 aliphatic heterocycles. The Bertz CT molecular complexity index is 1150. The minimum Gasteiger partial charge on any atom is -0.351 e. The van der Waals surface area contributed by atoms with Crippen LogP contribution in [0.5, 0.6) is 0 Å². The van der Waals surface area contributed by atoms with Gasteiger partial charge in [-0.1, -0.05) is 0 Å². The van der Waals surface area contributed by atoms with Crippen LogP contribution in [0.15, 0.2) is 6.20 Å². The van der Waals surface area contributed by atoms with Crippen molar-refractivity contribution >= 4 is 16.9 Å². The smallest absolute Gasteiger partial charge is 0.312 e. The van der Waals surface area contributed by atoms with Gasteiger partial charge in [0.05, 0.1) is 17.3 Å². The summed E-state index contributed by atoms with van der Waals surface area (Å²) in [6, 6.07) is 0. The van der Waals surface area contributed by atoms with Crippen molar-refractivity contribution in [2.75, 3.05) is 11.4 Å². The fourth-order valence-electron chi connectivity index (χ4n) is 6.04. The second-order valence-electron chi connectivity index (χ2n) is 10.0. The number of halogens is 1. The molecule has 3 fully saturated rings. The third-order valence-electron chi connectivity index (χ3n) is 8.12. The van der Waals surface area contributed by atoms with Gasteiger partial charge in [0.1, 0.15) is 5.82 Å². The molecule has 0 saturated heterocycles. The van der Waals surface area contributed by atoms with Crippen LogP contribution in [0.1, 0.15) is 55.5 Å². The lowest BCUT2D eigenvalue weighted by atomic mass is 9.57. The Morgan fingerprint density at radius 1 is 1.13 bits per heavy atom. The molecule has 164 valence electrons. The highest BCUT2D eigenvalue weighted by molar-refractivity contribution is 5.86. The lowest BCUT2D eigenvalue weighted by molar-refractivity contribution is 0.0263. The lowest BCUT2D eigenvalue weighted by Gasteiger charge is -2.52. The monoisotopic (exact) mass is 424 g/mol. The van der Waals surface area contributed by atoms with Gasteiger partial charge in [-0.05, 0) is 50.9 Å². The van der Waals surface area contributed by atoms with Crippen molar-refractivity contribution in [3.8, 4) is 0 Å². The fraction of sp³-hybridized carbons (Fsp3) is 0.636. The normalized spacial score (nSPS) is 27.8. The van der Waals surface area contributed by atoms with E-state index < -0.39 is 6.08 Å². The molecule has 8 nitrogen and oxygen atoms in total. The first kappa shape index (κ1) is 19.2. The molecule has 3 aliphatic carbocycles. The topological polar surface area (TPSA) is 90.7 Å². The molecule has 2 N–H and O–H groups in total. The summed E-state index contributed by atoms with van der Waals surface area (Å²) in [4.78, 5) is 10.2. The van der Waals surface area contributed by atoms with E-state index >= 15 is 0 Å². The van der Waals surface area contributed by atoms with Crippen LogP contribution in [0.3, 0.4) is 0 Å². The van der Waals surface area contributed by atoms with Crippen LogP contribution in [0.25, 0.3) is 11.0 Å². The summed E-state index contributed by atoms with van der Waals surface area (Å²) in [5.41, 5.74) is 11.1.